The number of hydrogen-bond donors (Lipinski definition) is 2. The number of ether oxygens (including phenoxy) is 1. The van der Waals surface area contributed by atoms with Gasteiger partial charge >= 0.3 is 0 Å². The van der Waals surface area contributed by atoms with Crippen molar-refractivity contribution in [3.63, 3.8) is 0 Å². The highest BCUT2D eigenvalue weighted by Gasteiger charge is 2.26. The van der Waals surface area contributed by atoms with Crippen LogP contribution in [0.25, 0.3) is 0 Å². The Kier molecular flexibility index (Phi) is 4.43. The maximum Gasteiger partial charge on any atom is 0.255 e. The molecule has 1 aliphatic heterocycles. The molecule has 19 heavy (non-hydrogen) atoms. The van der Waals surface area contributed by atoms with Gasteiger partial charge in [-0.05, 0) is 38.8 Å². The number of para-hydroxylation sites is 1. The van der Waals surface area contributed by atoms with Crippen LogP contribution >= 0.6 is 0 Å². The van der Waals surface area contributed by atoms with Crippen LogP contribution in [0, 0.1) is 0 Å². The predicted molar refractivity (Wildman–Crippen MR) is 75.5 cm³/mol. The molecule has 1 saturated heterocycles. The van der Waals surface area contributed by atoms with Crippen molar-refractivity contribution in [2.45, 2.75) is 44.8 Å². The van der Waals surface area contributed by atoms with Crippen LogP contribution < -0.4 is 15.4 Å². The van der Waals surface area contributed by atoms with Crippen LogP contribution in [0.15, 0.2) is 24.3 Å². The molecule has 2 rings (SSSR count). The molecule has 1 aliphatic rings. The van der Waals surface area contributed by atoms with Crippen LogP contribution in [0.5, 0.6) is 5.75 Å². The lowest BCUT2D eigenvalue weighted by molar-refractivity contribution is 0.0911. The van der Waals surface area contributed by atoms with Gasteiger partial charge in [-0.2, -0.15) is 0 Å². The summed E-state index contributed by atoms with van der Waals surface area (Å²) < 4.78 is 5.22. The van der Waals surface area contributed by atoms with E-state index in [1.54, 1.807) is 19.2 Å². The van der Waals surface area contributed by atoms with Gasteiger partial charge in [-0.3, -0.25) is 4.79 Å². The summed E-state index contributed by atoms with van der Waals surface area (Å²) in [5.41, 5.74) is 0.593. The van der Waals surface area contributed by atoms with Crippen LogP contribution in [-0.4, -0.2) is 31.1 Å². The Morgan fingerprint density at radius 3 is 2.74 bits per heavy atom. The summed E-state index contributed by atoms with van der Waals surface area (Å²) in [6.07, 6.45) is 2.09. The number of methoxy groups -OCH3 is 1. The van der Waals surface area contributed by atoms with E-state index in [4.69, 9.17) is 4.74 Å². The summed E-state index contributed by atoms with van der Waals surface area (Å²) in [7, 11) is 1.58. The smallest absolute Gasteiger partial charge is 0.255 e. The van der Waals surface area contributed by atoms with Crippen LogP contribution in [0.4, 0.5) is 0 Å². The summed E-state index contributed by atoms with van der Waals surface area (Å²) in [5, 5.41) is 6.57. The fourth-order valence-corrected chi connectivity index (χ4v) is 2.60. The van der Waals surface area contributed by atoms with Gasteiger partial charge in [0.15, 0.2) is 0 Å². The van der Waals surface area contributed by atoms with Crippen LogP contribution in [0.1, 0.15) is 37.0 Å². The number of carbonyl (C=O) groups is 1. The second kappa shape index (κ2) is 6.06. The first kappa shape index (κ1) is 13.9. The van der Waals surface area contributed by atoms with E-state index in [-0.39, 0.29) is 11.9 Å². The lowest BCUT2D eigenvalue weighted by Gasteiger charge is -2.34. The number of carbonyl (C=O) groups excluding carboxylic acids is 1. The third-order valence-electron chi connectivity index (χ3n) is 3.73. The number of piperidine rings is 1. The van der Waals surface area contributed by atoms with E-state index in [0.29, 0.717) is 23.4 Å². The maximum atomic E-state index is 12.3. The lowest BCUT2D eigenvalue weighted by atomic mass is 9.95. The third kappa shape index (κ3) is 3.26. The zero-order chi connectivity index (χ0) is 13.8. The Bertz CT molecular complexity index is 448. The second-order valence-electron chi connectivity index (χ2n) is 5.21. The zero-order valence-corrected chi connectivity index (χ0v) is 11.8. The van der Waals surface area contributed by atoms with Crippen molar-refractivity contribution in [3.8, 4) is 5.75 Å². The maximum absolute atomic E-state index is 12.3. The minimum atomic E-state index is -0.0642. The molecule has 0 saturated carbocycles. The van der Waals surface area contributed by atoms with Gasteiger partial charge in [-0.1, -0.05) is 12.1 Å². The highest BCUT2D eigenvalue weighted by Crippen LogP contribution is 2.19. The molecule has 104 valence electrons. The van der Waals surface area contributed by atoms with E-state index in [1.165, 1.54) is 0 Å². The SMILES string of the molecule is COc1ccccc1C(=O)NC1CCC(C)NC1C. The Labute approximate surface area is 114 Å². The molecule has 2 N–H and O–H groups in total. The van der Waals surface area contributed by atoms with Gasteiger partial charge in [0.2, 0.25) is 0 Å². The summed E-state index contributed by atoms with van der Waals surface area (Å²) in [6.45, 7) is 4.29. The first-order chi connectivity index (χ1) is 9.11. The normalized spacial score (nSPS) is 26.8. The molecular weight excluding hydrogens is 240 g/mol. The molecule has 0 spiro atoms. The molecular formula is C15H22N2O2. The first-order valence-electron chi connectivity index (χ1n) is 6.81. The first-order valence-corrected chi connectivity index (χ1v) is 6.81. The van der Waals surface area contributed by atoms with Gasteiger partial charge in [0.05, 0.1) is 12.7 Å². The lowest BCUT2D eigenvalue weighted by Crippen LogP contribution is -2.54. The van der Waals surface area contributed by atoms with Crippen molar-refractivity contribution in [2.75, 3.05) is 7.11 Å². The average molecular weight is 262 g/mol. The fraction of sp³-hybridized carbons (Fsp3) is 0.533. The van der Waals surface area contributed by atoms with Crippen molar-refractivity contribution >= 4 is 5.91 Å². The number of nitrogens with one attached hydrogen (secondary N) is 2. The van der Waals surface area contributed by atoms with E-state index in [2.05, 4.69) is 24.5 Å². The van der Waals surface area contributed by atoms with Crippen molar-refractivity contribution in [3.05, 3.63) is 29.8 Å². The van der Waals surface area contributed by atoms with E-state index >= 15 is 0 Å². The van der Waals surface area contributed by atoms with Crippen molar-refractivity contribution < 1.29 is 9.53 Å². The minimum absolute atomic E-state index is 0.0642. The van der Waals surface area contributed by atoms with E-state index in [1.807, 2.05) is 12.1 Å². The minimum Gasteiger partial charge on any atom is -0.496 e. The fourth-order valence-electron chi connectivity index (χ4n) is 2.60. The van der Waals surface area contributed by atoms with Gasteiger partial charge in [0.1, 0.15) is 5.75 Å². The van der Waals surface area contributed by atoms with Gasteiger partial charge in [-0.15, -0.1) is 0 Å². The molecule has 0 aromatic heterocycles. The van der Waals surface area contributed by atoms with E-state index < -0.39 is 0 Å². The van der Waals surface area contributed by atoms with Gasteiger partial charge in [0.25, 0.3) is 5.91 Å². The molecule has 1 amide bonds. The standard InChI is InChI=1S/C15H22N2O2/c1-10-8-9-13(11(2)16-10)17-15(18)12-6-4-5-7-14(12)19-3/h4-7,10-11,13,16H,8-9H2,1-3H3,(H,17,18). The number of amides is 1. The molecule has 0 radical (unpaired) electrons. The zero-order valence-electron chi connectivity index (χ0n) is 11.8. The predicted octanol–water partition coefficient (Wildman–Crippen LogP) is 1.95. The number of benzene rings is 1. The van der Waals surface area contributed by atoms with Crippen molar-refractivity contribution in [1.82, 2.24) is 10.6 Å². The Morgan fingerprint density at radius 1 is 1.32 bits per heavy atom. The van der Waals surface area contributed by atoms with E-state index in [9.17, 15) is 4.79 Å². The summed E-state index contributed by atoms with van der Waals surface area (Å²) in [6, 6.07) is 8.30. The van der Waals surface area contributed by atoms with Gasteiger partial charge in [-0.25, -0.2) is 0 Å². The molecule has 0 aliphatic carbocycles. The number of hydrogen-bond acceptors (Lipinski definition) is 3. The van der Waals surface area contributed by atoms with Crippen LogP contribution in [0.2, 0.25) is 0 Å². The van der Waals surface area contributed by atoms with Crippen LogP contribution in [-0.2, 0) is 0 Å². The molecule has 1 aromatic rings. The van der Waals surface area contributed by atoms with Crippen molar-refractivity contribution in [2.24, 2.45) is 0 Å². The third-order valence-corrected chi connectivity index (χ3v) is 3.73. The average Bonchev–Trinajstić information content (AvgIpc) is 2.41. The second-order valence-corrected chi connectivity index (χ2v) is 5.21. The Hall–Kier alpha value is -1.55. The topological polar surface area (TPSA) is 50.4 Å². The molecule has 4 nitrogen and oxygen atoms in total. The molecule has 1 heterocycles. The molecule has 4 heteroatoms. The Morgan fingerprint density at radius 2 is 2.05 bits per heavy atom. The summed E-state index contributed by atoms with van der Waals surface area (Å²) in [5.74, 6) is 0.551. The van der Waals surface area contributed by atoms with E-state index in [0.717, 1.165) is 12.8 Å². The van der Waals surface area contributed by atoms with Gasteiger partial charge in [0, 0.05) is 18.1 Å². The van der Waals surface area contributed by atoms with Gasteiger partial charge < -0.3 is 15.4 Å². The molecule has 3 atom stereocenters. The monoisotopic (exact) mass is 262 g/mol. The highest BCUT2D eigenvalue weighted by molar-refractivity contribution is 5.97. The highest BCUT2D eigenvalue weighted by atomic mass is 16.5. The largest absolute Gasteiger partial charge is 0.496 e. The summed E-state index contributed by atoms with van der Waals surface area (Å²) >= 11 is 0. The Balaban J connectivity index is 2.04. The van der Waals surface area contributed by atoms with Crippen molar-refractivity contribution in [1.29, 1.82) is 0 Å². The molecule has 0 bridgehead atoms. The summed E-state index contributed by atoms with van der Waals surface area (Å²) in [4.78, 5) is 12.3. The van der Waals surface area contributed by atoms with Crippen LogP contribution in [0.3, 0.4) is 0 Å². The molecule has 1 aromatic carbocycles. The number of rotatable bonds is 3. The molecule has 1 fully saturated rings. The quantitative estimate of drug-likeness (QED) is 0.875. The molecule has 3 unspecified atom stereocenters.